The van der Waals surface area contributed by atoms with E-state index in [4.69, 9.17) is 0 Å². The Kier molecular flexibility index (Phi) is 5.02. The number of nitrogens with one attached hydrogen (secondary N) is 2. The maximum absolute atomic E-state index is 3.53. The highest BCUT2D eigenvalue weighted by Gasteiger charge is 2.15. The molecule has 100 valence electrons. The summed E-state index contributed by atoms with van der Waals surface area (Å²) >= 11 is 0. The van der Waals surface area contributed by atoms with Crippen LogP contribution in [-0.4, -0.2) is 43.7 Å². The molecule has 2 N–H and O–H groups in total. The van der Waals surface area contributed by atoms with E-state index in [0.29, 0.717) is 6.04 Å². The van der Waals surface area contributed by atoms with Crippen molar-refractivity contribution in [2.45, 2.75) is 26.3 Å². The van der Waals surface area contributed by atoms with Crippen LogP contribution in [0.1, 0.15) is 19.4 Å². The topological polar surface area (TPSA) is 27.3 Å². The molecule has 1 aliphatic rings. The highest BCUT2D eigenvalue weighted by atomic mass is 15.2. The third-order valence-electron chi connectivity index (χ3n) is 3.74. The zero-order chi connectivity index (χ0) is 12.8. The molecule has 18 heavy (non-hydrogen) atoms. The molecule has 1 unspecified atom stereocenters. The fraction of sp³-hybridized carbons (Fsp3) is 0.600. The van der Waals surface area contributed by atoms with E-state index in [9.17, 15) is 0 Å². The number of hydrogen-bond donors (Lipinski definition) is 2. The number of nitrogens with zero attached hydrogens (tertiary/aromatic N) is 1. The molecule has 1 aliphatic heterocycles. The van der Waals surface area contributed by atoms with E-state index < -0.39 is 0 Å². The summed E-state index contributed by atoms with van der Waals surface area (Å²) in [4.78, 5) is 2.55. The third kappa shape index (κ3) is 3.72. The molecule has 3 heteroatoms. The van der Waals surface area contributed by atoms with Gasteiger partial charge in [0.1, 0.15) is 0 Å². The Morgan fingerprint density at radius 1 is 1.22 bits per heavy atom. The minimum absolute atomic E-state index is 0.595. The van der Waals surface area contributed by atoms with Crippen molar-refractivity contribution in [1.29, 1.82) is 0 Å². The predicted octanol–water partition coefficient (Wildman–Crippen LogP) is 1.95. The van der Waals surface area contributed by atoms with Crippen molar-refractivity contribution >= 4 is 5.69 Å². The van der Waals surface area contributed by atoms with Gasteiger partial charge in [-0.3, -0.25) is 4.90 Å². The summed E-state index contributed by atoms with van der Waals surface area (Å²) in [5.41, 5.74) is 2.63. The van der Waals surface area contributed by atoms with Gasteiger partial charge in [-0.25, -0.2) is 0 Å². The first-order chi connectivity index (χ1) is 8.79. The molecule has 1 saturated heterocycles. The van der Waals surface area contributed by atoms with E-state index in [2.05, 4.69) is 53.6 Å². The minimum Gasteiger partial charge on any atom is -0.383 e. The van der Waals surface area contributed by atoms with Gasteiger partial charge in [-0.2, -0.15) is 0 Å². The van der Waals surface area contributed by atoms with Gasteiger partial charge in [-0.15, -0.1) is 0 Å². The van der Waals surface area contributed by atoms with Crippen molar-refractivity contribution in [3.05, 3.63) is 29.8 Å². The Bertz CT molecular complexity index is 341. The lowest BCUT2D eigenvalue weighted by Gasteiger charge is -2.33. The Morgan fingerprint density at radius 2 is 1.89 bits per heavy atom. The molecule has 1 aromatic carbocycles. The average Bonchev–Trinajstić information content (AvgIpc) is 2.46. The molecule has 0 aromatic heterocycles. The van der Waals surface area contributed by atoms with Crippen LogP contribution < -0.4 is 10.6 Å². The number of aryl methyl sites for hydroxylation is 1. The maximum atomic E-state index is 3.53. The molecule has 0 saturated carbocycles. The van der Waals surface area contributed by atoms with Crippen LogP contribution in [0, 0.1) is 0 Å². The number of piperazine rings is 1. The number of benzene rings is 1. The van der Waals surface area contributed by atoms with Crippen LogP contribution in [-0.2, 0) is 6.42 Å². The Hall–Kier alpha value is -1.06. The zero-order valence-corrected chi connectivity index (χ0v) is 11.6. The SMILES string of the molecule is CCc1ccc(NCC(C)N2CCNCC2)cc1. The third-order valence-corrected chi connectivity index (χ3v) is 3.74. The summed E-state index contributed by atoms with van der Waals surface area (Å²) in [5, 5.41) is 6.92. The normalized spacial score (nSPS) is 18.6. The Labute approximate surface area is 111 Å². The highest BCUT2D eigenvalue weighted by Crippen LogP contribution is 2.11. The minimum atomic E-state index is 0.595. The molecule has 1 atom stereocenters. The van der Waals surface area contributed by atoms with E-state index in [1.165, 1.54) is 11.3 Å². The van der Waals surface area contributed by atoms with Gasteiger partial charge in [0.05, 0.1) is 0 Å². The Morgan fingerprint density at radius 3 is 2.50 bits per heavy atom. The molecule has 0 spiro atoms. The van der Waals surface area contributed by atoms with E-state index in [0.717, 1.165) is 39.1 Å². The van der Waals surface area contributed by atoms with Gasteiger partial charge in [0.15, 0.2) is 0 Å². The van der Waals surface area contributed by atoms with Crippen LogP contribution in [0.3, 0.4) is 0 Å². The van der Waals surface area contributed by atoms with E-state index >= 15 is 0 Å². The fourth-order valence-corrected chi connectivity index (χ4v) is 2.38. The van der Waals surface area contributed by atoms with Crippen LogP contribution in [0.4, 0.5) is 5.69 Å². The first-order valence-electron chi connectivity index (χ1n) is 7.07. The lowest BCUT2D eigenvalue weighted by Crippen LogP contribution is -2.49. The average molecular weight is 247 g/mol. The summed E-state index contributed by atoms with van der Waals surface area (Å²) in [6.07, 6.45) is 1.11. The molecule has 1 fully saturated rings. The van der Waals surface area contributed by atoms with Crippen LogP contribution in [0.5, 0.6) is 0 Å². The summed E-state index contributed by atoms with van der Waals surface area (Å²) in [5.74, 6) is 0. The molecule has 0 radical (unpaired) electrons. The van der Waals surface area contributed by atoms with Crippen LogP contribution in [0.25, 0.3) is 0 Å². The van der Waals surface area contributed by atoms with E-state index in [-0.39, 0.29) is 0 Å². The summed E-state index contributed by atoms with van der Waals surface area (Å²) < 4.78 is 0. The van der Waals surface area contributed by atoms with Gasteiger partial charge in [-0.05, 0) is 31.0 Å². The number of anilines is 1. The first-order valence-corrected chi connectivity index (χ1v) is 7.07. The van der Waals surface area contributed by atoms with Crippen LogP contribution >= 0.6 is 0 Å². The second-order valence-corrected chi connectivity index (χ2v) is 5.07. The molecule has 2 rings (SSSR count). The molecular formula is C15H25N3. The zero-order valence-electron chi connectivity index (χ0n) is 11.6. The second-order valence-electron chi connectivity index (χ2n) is 5.07. The van der Waals surface area contributed by atoms with Gasteiger partial charge < -0.3 is 10.6 Å². The maximum Gasteiger partial charge on any atom is 0.0340 e. The van der Waals surface area contributed by atoms with Gasteiger partial charge in [0, 0.05) is 44.5 Å². The van der Waals surface area contributed by atoms with Crippen molar-refractivity contribution in [3.63, 3.8) is 0 Å². The van der Waals surface area contributed by atoms with E-state index in [1.807, 2.05) is 0 Å². The van der Waals surface area contributed by atoms with Crippen molar-refractivity contribution in [2.24, 2.45) is 0 Å². The summed E-state index contributed by atoms with van der Waals surface area (Å²) in [6, 6.07) is 9.38. The van der Waals surface area contributed by atoms with Gasteiger partial charge in [0.2, 0.25) is 0 Å². The Balaban J connectivity index is 1.78. The smallest absolute Gasteiger partial charge is 0.0340 e. The van der Waals surface area contributed by atoms with Crippen LogP contribution in [0.15, 0.2) is 24.3 Å². The molecular weight excluding hydrogens is 222 g/mol. The predicted molar refractivity (Wildman–Crippen MR) is 78.2 cm³/mol. The molecule has 1 heterocycles. The van der Waals surface area contributed by atoms with Crippen molar-refractivity contribution in [1.82, 2.24) is 10.2 Å². The van der Waals surface area contributed by atoms with Crippen molar-refractivity contribution in [3.8, 4) is 0 Å². The standard InChI is InChI=1S/C15H25N3/c1-3-14-4-6-15(7-5-14)17-12-13(2)18-10-8-16-9-11-18/h4-7,13,16-17H,3,8-12H2,1-2H3. The summed E-state index contributed by atoms with van der Waals surface area (Å²) in [7, 11) is 0. The molecule has 0 aliphatic carbocycles. The molecule has 1 aromatic rings. The van der Waals surface area contributed by atoms with E-state index in [1.54, 1.807) is 0 Å². The molecule has 3 nitrogen and oxygen atoms in total. The second kappa shape index (κ2) is 6.76. The first kappa shape index (κ1) is 13.4. The summed E-state index contributed by atoms with van der Waals surface area (Å²) in [6.45, 7) is 10.1. The monoisotopic (exact) mass is 247 g/mol. The van der Waals surface area contributed by atoms with Gasteiger partial charge in [-0.1, -0.05) is 19.1 Å². The number of rotatable bonds is 5. The van der Waals surface area contributed by atoms with Crippen molar-refractivity contribution < 1.29 is 0 Å². The lowest BCUT2D eigenvalue weighted by molar-refractivity contribution is 0.191. The quantitative estimate of drug-likeness (QED) is 0.833. The van der Waals surface area contributed by atoms with Gasteiger partial charge >= 0.3 is 0 Å². The number of hydrogen-bond acceptors (Lipinski definition) is 3. The van der Waals surface area contributed by atoms with Crippen molar-refractivity contribution in [2.75, 3.05) is 38.0 Å². The largest absolute Gasteiger partial charge is 0.383 e. The highest BCUT2D eigenvalue weighted by molar-refractivity contribution is 5.44. The fourth-order valence-electron chi connectivity index (χ4n) is 2.38. The molecule has 0 amide bonds. The van der Waals surface area contributed by atoms with Gasteiger partial charge in [0.25, 0.3) is 0 Å². The van der Waals surface area contributed by atoms with Crippen LogP contribution in [0.2, 0.25) is 0 Å². The lowest BCUT2D eigenvalue weighted by atomic mass is 10.1. The molecule has 0 bridgehead atoms.